The molecular weight excluding hydrogens is 254 g/mol. The molecule has 0 aromatic heterocycles. The highest BCUT2D eigenvalue weighted by molar-refractivity contribution is 5.93. The fourth-order valence-corrected chi connectivity index (χ4v) is 1.73. The quantitative estimate of drug-likeness (QED) is 0.826. The van der Waals surface area contributed by atoms with Crippen molar-refractivity contribution in [3.05, 3.63) is 29.8 Å². The van der Waals surface area contributed by atoms with E-state index in [0.717, 1.165) is 11.3 Å². The molecule has 0 heterocycles. The van der Waals surface area contributed by atoms with Crippen molar-refractivity contribution >= 4 is 17.5 Å². The SMILES string of the molecule is CCN(C)C(=O)C(C)NCC(=O)Nc1ccccc1C. The topological polar surface area (TPSA) is 61.4 Å². The van der Waals surface area contributed by atoms with Crippen molar-refractivity contribution in [2.24, 2.45) is 0 Å². The normalized spacial score (nSPS) is 11.8. The van der Waals surface area contributed by atoms with Crippen LogP contribution in [0, 0.1) is 6.92 Å². The first-order chi connectivity index (χ1) is 9.45. The molecule has 5 nitrogen and oxygen atoms in total. The summed E-state index contributed by atoms with van der Waals surface area (Å²) < 4.78 is 0. The number of likely N-dealkylation sites (N-methyl/N-ethyl adjacent to an activating group) is 1. The van der Waals surface area contributed by atoms with E-state index in [9.17, 15) is 9.59 Å². The number of hydrogen-bond acceptors (Lipinski definition) is 3. The zero-order valence-electron chi connectivity index (χ0n) is 12.6. The lowest BCUT2D eigenvalue weighted by Gasteiger charge is -2.20. The lowest BCUT2D eigenvalue weighted by atomic mass is 10.2. The zero-order chi connectivity index (χ0) is 15.1. The number of para-hydroxylation sites is 1. The van der Waals surface area contributed by atoms with Gasteiger partial charge in [-0.2, -0.15) is 0 Å². The predicted molar refractivity (Wildman–Crippen MR) is 80.6 cm³/mol. The van der Waals surface area contributed by atoms with Gasteiger partial charge >= 0.3 is 0 Å². The molecule has 0 aliphatic heterocycles. The molecule has 0 radical (unpaired) electrons. The molecule has 0 aliphatic carbocycles. The van der Waals surface area contributed by atoms with Gasteiger partial charge in [0, 0.05) is 19.3 Å². The van der Waals surface area contributed by atoms with E-state index in [-0.39, 0.29) is 24.4 Å². The van der Waals surface area contributed by atoms with Crippen LogP contribution >= 0.6 is 0 Å². The lowest BCUT2D eigenvalue weighted by molar-refractivity contribution is -0.131. The van der Waals surface area contributed by atoms with E-state index in [2.05, 4.69) is 10.6 Å². The second kappa shape index (κ2) is 7.65. The van der Waals surface area contributed by atoms with Gasteiger partial charge in [0.05, 0.1) is 12.6 Å². The Labute approximate surface area is 120 Å². The van der Waals surface area contributed by atoms with Crippen LogP contribution in [0.5, 0.6) is 0 Å². The summed E-state index contributed by atoms with van der Waals surface area (Å²) in [6, 6.07) is 7.21. The van der Waals surface area contributed by atoms with Crippen LogP contribution in [0.25, 0.3) is 0 Å². The van der Waals surface area contributed by atoms with Gasteiger partial charge in [-0.1, -0.05) is 18.2 Å². The second-order valence-corrected chi connectivity index (χ2v) is 4.82. The maximum absolute atomic E-state index is 11.8. The predicted octanol–water partition coefficient (Wildman–Crippen LogP) is 1.39. The first-order valence-electron chi connectivity index (χ1n) is 6.79. The van der Waals surface area contributed by atoms with Gasteiger partial charge < -0.3 is 10.2 Å². The van der Waals surface area contributed by atoms with Crippen molar-refractivity contribution in [2.75, 3.05) is 25.5 Å². The maximum atomic E-state index is 11.8. The first kappa shape index (κ1) is 16.2. The minimum absolute atomic E-state index is 0.0174. The Hall–Kier alpha value is -1.88. The Bertz CT molecular complexity index is 474. The fraction of sp³-hybridized carbons (Fsp3) is 0.467. The third-order valence-electron chi connectivity index (χ3n) is 3.21. The molecule has 1 atom stereocenters. The van der Waals surface area contributed by atoms with Gasteiger partial charge in [0.25, 0.3) is 0 Å². The molecule has 2 N–H and O–H groups in total. The summed E-state index contributed by atoms with van der Waals surface area (Å²) in [5.74, 6) is -0.172. The van der Waals surface area contributed by atoms with Gasteiger partial charge in [0.2, 0.25) is 11.8 Å². The minimum Gasteiger partial charge on any atom is -0.345 e. The van der Waals surface area contributed by atoms with E-state index >= 15 is 0 Å². The van der Waals surface area contributed by atoms with Crippen LogP contribution < -0.4 is 10.6 Å². The van der Waals surface area contributed by atoms with Crippen LogP contribution in [-0.2, 0) is 9.59 Å². The molecule has 0 saturated heterocycles. The van der Waals surface area contributed by atoms with Gasteiger partial charge in [-0.05, 0) is 32.4 Å². The number of aryl methyl sites for hydroxylation is 1. The van der Waals surface area contributed by atoms with E-state index in [0.29, 0.717) is 6.54 Å². The van der Waals surface area contributed by atoms with Crippen LogP contribution in [0.15, 0.2) is 24.3 Å². The van der Waals surface area contributed by atoms with E-state index in [1.54, 1.807) is 18.9 Å². The molecule has 110 valence electrons. The molecule has 0 spiro atoms. The molecule has 20 heavy (non-hydrogen) atoms. The third-order valence-corrected chi connectivity index (χ3v) is 3.21. The Balaban J connectivity index is 2.44. The summed E-state index contributed by atoms with van der Waals surface area (Å²) in [5, 5.41) is 5.76. The summed E-state index contributed by atoms with van der Waals surface area (Å²) in [5.41, 5.74) is 1.81. The molecule has 5 heteroatoms. The maximum Gasteiger partial charge on any atom is 0.239 e. The molecule has 0 aliphatic rings. The average Bonchev–Trinajstić information content (AvgIpc) is 2.45. The number of nitrogens with one attached hydrogen (secondary N) is 2. The highest BCUT2D eigenvalue weighted by Gasteiger charge is 2.16. The highest BCUT2D eigenvalue weighted by Crippen LogP contribution is 2.12. The highest BCUT2D eigenvalue weighted by atomic mass is 16.2. The van der Waals surface area contributed by atoms with Crippen molar-refractivity contribution in [3.63, 3.8) is 0 Å². The van der Waals surface area contributed by atoms with Crippen molar-refractivity contribution < 1.29 is 9.59 Å². The number of carbonyl (C=O) groups is 2. The minimum atomic E-state index is -0.373. The average molecular weight is 277 g/mol. The largest absolute Gasteiger partial charge is 0.345 e. The third kappa shape index (κ3) is 4.66. The van der Waals surface area contributed by atoms with Crippen LogP contribution in [0.3, 0.4) is 0 Å². The second-order valence-electron chi connectivity index (χ2n) is 4.82. The van der Waals surface area contributed by atoms with E-state index in [1.807, 2.05) is 38.1 Å². The molecule has 1 aromatic rings. The van der Waals surface area contributed by atoms with Gasteiger partial charge in [0.15, 0.2) is 0 Å². The summed E-state index contributed by atoms with van der Waals surface area (Å²) in [7, 11) is 1.74. The number of hydrogen-bond donors (Lipinski definition) is 2. The Morgan fingerprint density at radius 1 is 1.30 bits per heavy atom. The summed E-state index contributed by atoms with van der Waals surface area (Å²) in [6.45, 7) is 6.37. The molecule has 1 unspecified atom stereocenters. The number of anilines is 1. The van der Waals surface area contributed by atoms with Gasteiger partial charge in [0.1, 0.15) is 0 Å². The van der Waals surface area contributed by atoms with Crippen LogP contribution in [0.1, 0.15) is 19.4 Å². The van der Waals surface area contributed by atoms with Gasteiger partial charge in [-0.15, -0.1) is 0 Å². The molecule has 0 saturated carbocycles. The number of amides is 2. The van der Waals surface area contributed by atoms with E-state index in [4.69, 9.17) is 0 Å². The molecule has 0 fully saturated rings. The molecule has 1 aromatic carbocycles. The zero-order valence-corrected chi connectivity index (χ0v) is 12.6. The van der Waals surface area contributed by atoms with Gasteiger partial charge in [-0.3, -0.25) is 14.9 Å². The molecule has 1 rings (SSSR count). The molecule has 2 amide bonds. The van der Waals surface area contributed by atoms with Crippen molar-refractivity contribution in [1.82, 2.24) is 10.2 Å². The van der Waals surface area contributed by atoms with E-state index in [1.165, 1.54) is 0 Å². The summed E-state index contributed by atoms with van der Waals surface area (Å²) in [4.78, 5) is 25.3. The van der Waals surface area contributed by atoms with Crippen molar-refractivity contribution in [1.29, 1.82) is 0 Å². The Morgan fingerprint density at radius 3 is 2.55 bits per heavy atom. The molecule has 0 bridgehead atoms. The number of carbonyl (C=O) groups excluding carboxylic acids is 2. The lowest BCUT2D eigenvalue weighted by Crippen LogP contribution is -2.45. The van der Waals surface area contributed by atoms with Crippen molar-refractivity contribution in [2.45, 2.75) is 26.8 Å². The standard InChI is InChI=1S/C15H23N3O2/c1-5-18(4)15(20)12(3)16-10-14(19)17-13-9-7-6-8-11(13)2/h6-9,12,16H,5,10H2,1-4H3,(H,17,19). The van der Waals surface area contributed by atoms with Crippen LogP contribution in [0.2, 0.25) is 0 Å². The number of nitrogens with zero attached hydrogens (tertiary/aromatic N) is 1. The Morgan fingerprint density at radius 2 is 1.95 bits per heavy atom. The molecular formula is C15H23N3O2. The van der Waals surface area contributed by atoms with Crippen LogP contribution in [0.4, 0.5) is 5.69 Å². The van der Waals surface area contributed by atoms with Crippen molar-refractivity contribution in [3.8, 4) is 0 Å². The number of benzene rings is 1. The Kier molecular flexibility index (Phi) is 6.18. The number of rotatable bonds is 6. The van der Waals surface area contributed by atoms with Crippen LogP contribution in [-0.4, -0.2) is 42.9 Å². The van der Waals surface area contributed by atoms with Gasteiger partial charge in [-0.25, -0.2) is 0 Å². The van der Waals surface area contributed by atoms with E-state index < -0.39 is 0 Å². The summed E-state index contributed by atoms with van der Waals surface area (Å²) >= 11 is 0. The fourth-order valence-electron chi connectivity index (χ4n) is 1.73. The smallest absolute Gasteiger partial charge is 0.239 e. The summed E-state index contributed by atoms with van der Waals surface area (Å²) in [6.07, 6.45) is 0. The monoisotopic (exact) mass is 277 g/mol. The first-order valence-corrected chi connectivity index (χ1v) is 6.79.